The van der Waals surface area contributed by atoms with Crippen LogP contribution in [0.5, 0.6) is 5.75 Å². The molecule has 0 atom stereocenters. The number of nitrogens with one attached hydrogen (secondary N) is 1. The van der Waals surface area contributed by atoms with Crippen LogP contribution in [0, 0.1) is 6.92 Å². The van der Waals surface area contributed by atoms with Crippen LogP contribution in [0.15, 0.2) is 48.5 Å². The summed E-state index contributed by atoms with van der Waals surface area (Å²) in [5, 5.41) is 2.84. The lowest BCUT2D eigenvalue weighted by atomic mass is 10.2. The Morgan fingerprint density at radius 1 is 1.20 bits per heavy atom. The van der Waals surface area contributed by atoms with E-state index >= 15 is 0 Å². The Bertz CT molecular complexity index is 756. The molecule has 1 N–H and O–H groups in total. The highest BCUT2D eigenvalue weighted by atomic mass is 16.5. The number of hydrogen-bond acceptors (Lipinski definition) is 3. The van der Waals surface area contributed by atoms with Crippen molar-refractivity contribution in [3.05, 3.63) is 59.7 Å². The molecular formula is C20H22N2O3. The van der Waals surface area contributed by atoms with Crippen molar-refractivity contribution in [2.75, 3.05) is 24.6 Å². The zero-order valence-electron chi connectivity index (χ0n) is 14.3. The topological polar surface area (TPSA) is 58.6 Å². The van der Waals surface area contributed by atoms with Gasteiger partial charge in [0, 0.05) is 24.2 Å². The van der Waals surface area contributed by atoms with Crippen molar-refractivity contribution >= 4 is 17.5 Å². The molecule has 2 aromatic carbocycles. The fraction of sp³-hybridized carbons (Fsp3) is 0.300. The molecule has 1 fully saturated rings. The van der Waals surface area contributed by atoms with Crippen LogP contribution in [0.4, 0.5) is 5.69 Å². The quantitative estimate of drug-likeness (QED) is 0.824. The van der Waals surface area contributed by atoms with Crippen LogP contribution in [0.2, 0.25) is 0 Å². The summed E-state index contributed by atoms with van der Waals surface area (Å²) in [5.74, 6) is 0.798. The minimum atomic E-state index is -0.146. The first kappa shape index (κ1) is 17.0. The Kier molecular flexibility index (Phi) is 5.33. The fourth-order valence-corrected chi connectivity index (χ4v) is 2.85. The van der Waals surface area contributed by atoms with Crippen LogP contribution in [0.3, 0.4) is 0 Å². The Morgan fingerprint density at radius 3 is 2.68 bits per heavy atom. The lowest BCUT2D eigenvalue weighted by molar-refractivity contribution is -0.117. The van der Waals surface area contributed by atoms with Gasteiger partial charge in [-0.1, -0.05) is 12.1 Å². The smallest absolute Gasteiger partial charge is 0.251 e. The van der Waals surface area contributed by atoms with Crippen molar-refractivity contribution in [2.45, 2.75) is 19.8 Å². The molecule has 0 spiro atoms. The number of rotatable bonds is 6. The van der Waals surface area contributed by atoms with Crippen LogP contribution >= 0.6 is 0 Å². The van der Waals surface area contributed by atoms with Crippen LogP contribution in [0.25, 0.3) is 0 Å². The maximum atomic E-state index is 12.2. The number of carbonyl (C=O) groups excluding carboxylic acids is 2. The Balaban J connectivity index is 1.47. The van der Waals surface area contributed by atoms with Gasteiger partial charge in [-0.05, 0) is 55.3 Å². The van der Waals surface area contributed by atoms with E-state index in [2.05, 4.69) is 5.32 Å². The Hall–Kier alpha value is -2.82. The number of amides is 2. The van der Waals surface area contributed by atoms with Crippen LogP contribution in [-0.2, 0) is 4.79 Å². The third-order valence-electron chi connectivity index (χ3n) is 4.16. The average Bonchev–Trinajstić information content (AvgIpc) is 3.05. The van der Waals surface area contributed by atoms with E-state index < -0.39 is 0 Å². The van der Waals surface area contributed by atoms with Gasteiger partial charge in [-0.3, -0.25) is 9.59 Å². The molecule has 1 aliphatic heterocycles. The summed E-state index contributed by atoms with van der Waals surface area (Å²) in [6.07, 6.45) is 1.49. The molecule has 0 aromatic heterocycles. The van der Waals surface area contributed by atoms with E-state index in [4.69, 9.17) is 4.74 Å². The summed E-state index contributed by atoms with van der Waals surface area (Å²) in [6, 6.07) is 14.9. The molecule has 5 heteroatoms. The molecule has 0 unspecified atom stereocenters. The fourth-order valence-electron chi connectivity index (χ4n) is 2.85. The van der Waals surface area contributed by atoms with Crippen molar-refractivity contribution in [1.82, 2.24) is 5.32 Å². The number of aryl methyl sites for hydroxylation is 1. The summed E-state index contributed by atoms with van der Waals surface area (Å²) < 4.78 is 5.61. The monoisotopic (exact) mass is 338 g/mol. The third-order valence-corrected chi connectivity index (χ3v) is 4.16. The van der Waals surface area contributed by atoms with Crippen molar-refractivity contribution in [2.24, 2.45) is 0 Å². The summed E-state index contributed by atoms with van der Waals surface area (Å²) in [4.78, 5) is 25.7. The molecule has 0 radical (unpaired) electrons. The summed E-state index contributed by atoms with van der Waals surface area (Å²) in [7, 11) is 0. The lowest BCUT2D eigenvalue weighted by Gasteiger charge is -2.15. The van der Waals surface area contributed by atoms with Crippen molar-refractivity contribution < 1.29 is 14.3 Å². The Morgan fingerprint density at radius 2 is 2.00 bits per heavy atom. The van der Waals surface area contributed by atoms with E-state index in [1.54, 1.807) is 17.0 Å². The third kappa shape index (κ3) is 4.38. The number of nitrogens with zero attached hydrogens (tertiary/aromatic N) is 1. The minimum Gasteiger partial charge on any atom is -0.492 e. The van der Waals surface area contributed by atoms with Gasteiger partial charge in [-0.25, -0.2) is 0 Å². The first-order chi connectivity index (χ1) is 12.1. The van der Waals surface area contributed by atoms with Gasteiger partial charge in [0.2, 0.25) is 5.91 Å². The van der Waals surface area contributed by atoms with Crippen molar-refractivity contribution in [3.8, 4) is 5.75 Å². The Labute approximate surface area is 147 Å². The van der Waals surface area contributed by atoms with E-state index in [1.807, 2.05) is 43.3 Å². The van der Waals surface area contributed by atoms with Gasteiger partial charge in [-0.15, -0.1) is 0 Å². The van der Waals surface area contributed by atoms with E-state index in [9.17, 15) is 9.59 Å². The van der Waals surface area contributed by atoms with E-state index in [0.29, 0.717) is 25.1 Å². The molecule has 1 saturated heterocycles. The first-order valence-electron chi connectivity index (χ1n) is 8.51. The molecule has 1 heterocycles. The van der Waals surface area contributed by atoms with Gasteiger partial charge in [0.05, 0.1) is 6.54 Å². The summed E-state index contributed by atoms with van der Waals surface area (Å²) in [5.41, 5.74) is 2.56. The molecule has 2 aromatic rings. The molecule has 3 rings (SSSR count). The van der Waals surface area contributed by atoms with Gasteiger partial charge >= 0.3 is 0 Å². The SMILES string of the molecule is Cc1cccc(OCCNC(=O)c2ccc(N3CCCC3=O)cc2)c1. The predicted octanol–water partition coefficient (Wildman–Crippen LogP) is 2.93. The molecule has 1 aliphatic rings. The summed E-state index contributed by atoms with van der Waals surface area (Å²) in [6.45, 7) is 3.60. The van der Waals surface area contributed by atoms with Gasteiger partial charge in [0.25, 0.3) is 5.91 Å². The maximum Gasteiger partial charge on any atom is 0.251 e. The molecule has 0 aliphatic carbocycles. The molecule has 2 amide bonds. The maximum absolute atomic E-state index is 12.2. The molecular weight excluding hydrogens is 316 g/mol. The molecule has 25 heavy (non-hydrogen) atoms. The highest BCUT2D eigenvalue weighted by molar-refractivity contribution is 5.97. The largest absolute Gasteiger partial charge is 0.492 e. The second-order valence-electron chi connectivity index (χ2n) is 6.12. The zero-order chi connectivity index (χ0) is 17.6. The number of anilines is 1. The standard InChI is InChI=1S/C20H22N2O3/c1-15-4-2-5-18(14-15)25-13-11-21-20(24)16-7-9-17(10-8-16)22-12-3-6-19(22)23/h2,4-5,7-10,14H,3,6,11-13H2,1H3,(H,21,24). The van der Waals surface area contributed by atoms with E-state index in [0.717, 1.165) is 30.0 Å². The molecule has 5 nitrogen and oxygen atoms in total. The lowest BCUT2D eigenvalue weighted by Crippen LogP contribution is -2.28. The van der Waals surface area contributed by atoms with Gasteiger partial charge in [0.1, 0.15) is 12.4 Å². The van der Waals surface area contributed by atoms with Crippen LogP contribution < -0.4 is 15.0 Å². The minimum absolute atomic E-state index is 0.144. The van der Waals surface area contributed by atoms with Gasteiger partial charge < -0.3 is 15.0 Å². The second kappa shape index (κ2) is 7.83. The normalized spacial score (nSPS) is 13.8. The average molecular weight is 338 g/mol. The van der Waals surface area contributed by atoms with Crippen molar-refractivity contribution in [1.29, 1.82) is 0 Å². The zero-order valence-corrected chi connectivity index (χ0v) is 14.3. The van der Waals surface area contributed by atoms with Crippen LogP contribution in [-0.4, -0.2) is 31.5 Å². The van der Waals surface area contributed by atoms with Gasteiger partial charge in [0.15, 0.2) is 0 Å². The first-order valence-corrected chi connectivity index (χ1v) is 8.51. The second-order valence-corrected chi connectivity index (χ2v) is 6.12. The van der Waals surface area contributed by atoms with Crippen molar-refractivity contribution in [3.63, 3.8) is 0 Å². The number of benzene rings is 2. The van der Waals surface area contributed by atoms with Crippen LogP contribution in [0.1, 0.15) is 28.8 Å². The number of hydrogen-bond donors (Lipinski definition) is 1. The highest BCUT2D eigenvalue weighted by Gasteiger charge is 2.21. The van der Waals surface area contributed by atoms with Gasteiger partial charge in [-0.2, -0.15) is 0 Å². The predicted molar refractivity (Wildman–Crippen MR) is 97.0 cm³/mol. The number of ether oxygens (including phenoxy) is 1. The summed E-state index contributed by atoms with van der Waals surface area (Å²) >= 11 is 0. The molecule has 0 bridgehead atoms. The molecule has 130 valence electrons. The number of carbonyl (C=O) groups is 2. The highest BCUT2D eigenvalue weighted by Crippen LogP contribution is 2.21. The van der Waals surface area contributed by atoms with E-state index in [1.165, 1.54) is 0 Å². The molecule has 0 saturated carbocycles. The van der Waals surface area contributed by atoms with E-state index in [-0.39, 0.29) is 11.8 Å².